The molecule has 0 heterocycles. The van der Waals surface area contributed by atoms with E-state index in [4.69, 9.17) is 5.73 Å². The third-order valence-electron chi connectivity index (χ3n) is 2.07. The van der Waals surface area contributed by atoms with E-state index in [0.717, 1.165) is 5.56 Å². The van der Waals surface area contributed by atoms with Crippen molar-refractivity contribution in [1.82, 2.24) is 0 Å². The molecule has 0 amide bonds. The van der Waals surface area contributed by atoms with Gasteiger partial charge < -0.3 is 5.73 Å². The first-order valence-electron chi connectivity index (χ1n) is 5.28. The van der Waals surface area contributed by atoms with Crippen molar-refractivity contribution in [3.63, 3.8) is 0 Å². The van der Waals surface area contributed by atoms with E-state index < -0.39 is 13.0 Å². The molecule has 90 valence electrons. The highest BCUT2D eigenvalue weighted by molar-refractivity contribution is 6.83. The molecule has 0 spiro atoms. The molecule has 0 saturated heterocycles. The maximum Gasteiger partial charge on any atom is 0.293 e. The van der Waals surface area contributed by atoms with Crippen molar-refractivity contribution >= 4 is 19.4 Å². The van der Waals surface area contributed by atoms with Gasteiger partial charge >= 0.3 is 0 Å². The van der Waals surface area contributed by atoms with Gasteiger partial charge in [-0.25, -0.2) is 0 Å². The predicted octanol–water partition coefficient (Wildman–Crippen LogP) is 2.71. The van der Waals surface area contributed by atoms with E-state index >= 15 is 0 Å². The Morgan fingerprint density at radius 2 is 1.94 bits per heavy atom. The molecule has 2 N–H and O–H groups in total. The standard InChI is InChI=1S/C12H16N2O2Si/c1-9-7-10(5-6-17(2,3)4)12(13)11(8-9)14(15)16/h7-8H,13H2,1-4H3. The summed E-state index contributed by atoms with van der Waals surface area (Å²) in [7, 11) is -1.51. The molecule has 0 unspecified atom stereocenters. The fourth-order valence-corrected chi connectivity index (χ4v) is 1.80. The van der Waals surface area contributed by atoms with E-state index in [9.17, 15) is 10.1 Å². The van der Waals surface area contributed by atoms with Crippen molar-refractivity contribution in [3.05, 3.63) is 33.4 Å². The highest BCUT2D eigenvalue weighted by atomic mass is 28.3. The summed E-state index contributed by atoms with van der Waals surface area (Å²) in [5, 5.41) is 10.8. The molecule has 1 aromatic carbocycles. The molecule has 4 nitrogen and oxygen atoms in total. The lowest BCUT2D eigenvalue weighted by Crippen LogP contribution is -2.16. The Bertz CT molecular complexity index is 522. The number of aryl methyl sites for hydroxylation is 1. The quantitative estimate of drug-likeness (QED) is 0.273. The van der Waals surface area contributed by atoms with Gasteiger partial charge in [-0.2, -0.15) is 0 Å². The zero-order valence-electron chi connectivity index (χ0n) is 10.5. The minimum Gasteiger partial charge on any atom is -0.392 e. The van der Waals surface area contributed by atoms with Crippen molar-refractivity contribution in [2.24, 2.45) is 0 Å². The molecule has 0 aliphatic heterocycles. The summed E-state index contributed by atoms with van der Waals surface area (Å²) in [5.41, 5.74) is 10.4. The number of benzene rings is 1. The van der Waals surface area contributed by atoms with E-state index in [1.165, 1.54) is 6.07 Å². The van der Waals surface area contributed by atoms with E-state index in [-0.39, 0.29) is 11.4 Å². The van der Waals surface area contributed by atoms with E-state index in [1.807, 2.05) is 0 Å². The third-order valence-corrected chi connectivity index (χ3v) is 2.95. The van der Waals surface area contributed by atoms with Gasteiger partial charge in [0.1, 0.15) is 13.8 Å². The van der Waals surface area contributed by atoms with E-state index in [2.05, 4.69) is 31.1 Å². The summed E-state index contributed by atoms with van der Waals surface area (Å²) in [6.45, 7) is 8.13. The van der Waals surface area contributed by atoms with Crippen molar-refractivity contribution in [2.45, 2.75) is 26.6 Å². The highest BCUT2D eigenvalue weighted by Gasteiger charge is 2.15. The number of rotatable bonds is 1. The molecule has 1 aromatic rings. The van der Waals surface area contributed by atoms with Crippen LogP contribution in [0, 0.1) is 28.5 Å². The first-order valence-corrected chi connectivity index (χ1v) is 8.78. The van der Waals surface area contributed by atoms with Crippen molar-refractivity contribution in [2.75, 3.05) is 5.73 Å². The molecule has 0 aliphatic carbocycles. The Labute approximate surface area is 102 Å². The van der Waals surface area contributed by atoms with Gasteiger partial charge in [-0.1, -0.05) is 25.6 Å². The summed E-state index contributed by atoms with van der Waals surface area (Å²) in [6, 6.07) is 3.25. The molecule has 0 aromatic heterocycles. The molecule has 0 bridgehead atoms. The number of nitro benzene ring substituents is 1. The van der Waals surface area contributed by atoms with Crippen LogP contribution in [0.4, 0.5) is 11.4 Å². The van der Waals surface area contributed by atoms with E-state index in [0.29, 0.717) is 5.56 Å². The normalized spacial score (nSPS) is 10.6. The number of nitrogen functional groups attached to an aromatic ring is 1. The topological polar surface area (TPSA) is 69.2 Å². The maximum absolute atomic E-state index is 10.8. The molecule has 17 heavy (non-hydrogen) atoms. The molecular weight excluding hydrogens is 232 g/mol. The largest absolute Gasteiger partial charge is 0.392 e. The zero-order chi connectivity index (χ0) is 13.2. The average Bonchev–Trinajstić information content (AvgIpc) is 2.17. The third kappa shape index (κ3) is 3.61. The number of nitro groups is 1. The average molecular weight is 248 g/mol. The van der Waals surface area contributed by atoms with E-state index in [1.54, 1.807) is 13.0 Å². The first kappa shape index (κ1) is 13.3. The van der Waals surface area contributed by atoms with Gasteiger partial charge in [0.15, 0.2) is 0 Å². The summed E-state index contributed by atoms with van der Waals surface area (Å²) in [6.07, 6.45) is 0. The van der Waals surface area contributed by atoms with Crippen LogP contribution in [0.3, 0.4) is 0 Å². The molecule has 0 atom stereocenters. The molecule has 0 fully saturated rings. The summed E-state index contributed by atoms with van der Waals surface area (Å²) >= 11 is 0. The Morgan fingerprint density at radius 3 is 2.41 bits per heavy atom. The number of hydrogen-bond acceptors (Lipinski definition) is 3. The Morgan fingerprint density at radius 1 is 1.35 bits per heavy atom. The predicted molar refractivity (Wildman–Crippen MR) is 72.5 cm³/mol. The lowest BCUT2D eigenvalue weighted by Gasteiger charge is -2.05. The summed E-state index contributed by atoms with van der Waals surface area (Å²) in [4.78, 5) is 10.3. The Balaban J connectivity index is 3.34. The molecule has 5 heteroatoms. The smallest absolute Gasteiger partial charge is 0.293 e. The van der Waals surface area contributed by atoms with Crippen LogP contribution < -0.4 is 5.73 Å². The molecule has 0 saturated carbocycles. The van der Waals surface area contributed by atoms with Crippen LogP contribution in [0.5, 0.6) is 0 Å². The lowest BCUT2D eigenvalue weighted by molar-refractivity contribution is -0.383. The Kier molecular flexibility index (Phi) is 3.58. The summed E-state index contributed by atoms with van der Waals surface area (Å²) < 4.78 is 0. The lowest BCUT2D eigenvalue weighted by atomic mass is 10.1. The molecular formula is C12H16N2O2Si. The van der Waals surface area contributed by atoms with Crippen LogP contribution in [0.15, 0.2) is 12.1 Å². The maximum atomic E-state index is 10.8. The minimum absolute atomic E-state index is 0.0649. The van der Waals surface area contributed by atoms with Crippen molar-refractivity contribution < 1.29 is 4.92 Å². The fourth-order valence-electron chi connectivity index (χ4n) is 1.29. The van der Waals surface area contributed by atoms with Crippen LogP contribution in [-0.4, -0.2) is 13.0 Å². The Hall–Kier alpha value is -1.80. The van der Waals surface area contributed by atoms with Crippen LogP contribution >= 0.6 is 0 Å². The van der Waals surface area contributed by atoms with Crippen LogP contribution in [0.1, 0.15) is 11.1 Å². The minimum atomic E-state index is -1.51. The molecule has 0 aliphatic rings. The van der Waals surface area contributed by atoms with Crippen molar-refractivity contribution in [3.8, 4) is 11.5 Å². The van der Waals surface area contributed by atoms with Gasteiger partial charge in [0, 0.05) is 6.07 Å². The number of anilines is 1. The van der Waals surface area contributed by atoms with Gasteiger partial charge in [-0.15, -0.1) is 5.54 Å². The molecule has 1 rings (SSSR count). The highest BCUT2D eigenvalue weighted by Crippen LogP contribution is 2.26. The van der Waals surface area contributed by atoms with Gasteiger partial charge in [-0.3, -0.25) is 10.1 Å². The SMILES string of the molecule is Cc1cc(C#C[Si](C)(C)C)c(N)c([N+](=O)[O-])c1. The van der Waals surface area contributed by atoms with Gasteiger partial charge in [-0.05, 0) is 18.6 Å². The van der Waals surface area contributed by atoms with Crippen LogP contribution in [0.2, 0.25) is 19.6 Å². The number of hydrogen-bond donors (Lipinski definition) is 1. The van der Waals surface area contributed by atoms with Crippen LogP contribution in [-0.2, 0) is 0 Å². The second kappa shape index (κ2) is 4.59. The van der Waals surface area contributed by atoms with Gasteiger partial charge in [0.2, 0.25) is 0 Å². The second-order valence-electron chi connectivity index (χ2n) is 5.00. The second-order valence-corrected chi connectivity index (χ2v) is 9.75. The number of nitrogens with zero attached hydrogens (tertiary/aromatic N) is 1. The first-order chi connectivity index (χ1) is 7.70. The number of nitrogens with two attached hydrogens (primary N) is 1. The zero-order valence-corrected chi connectivity index (χ0v) is 11.5. The van der Waals surface area contributed by atoms with Crippen LogP contribution in [0.25, 0.3) is 0 Å². The molecule has 0 radical (unpaired) electrons. The fraction of sp³-hybridized carbons (Fsp3) is 0.333. The van der Waals surface area contributed by atoms with Crippen molar-refractivity contribution in [1.29, 1.82) is 0 Å². The monoisotopic (exact) mass is 248 g/mol. The summed E-state index contributed by atoms with van der Waals surface area (Å²) in [5.74, 6) is 2.97. The van der Waals surface area contributed by atoms with Gasteiger partial charge in [0.25, 0.3) is 5.69 Å². The van der Waals surface area contributed by atoms with Gasteiger partial charge in [0.05, 0.1) is 10.5 Å².